The highest BCUT2D eigenvalue weighted by atomic mass is 35.5. The SMILES string of the molecule is CCc1noc(-c2ccccc2N=Nc2c(C)cc3cc(S(=O)(=O)O)cc(Nc4nc(Cl)nc(Nc5ccc(S(=O)(=O)O)c(N(C)c6nc(C)nc(Cl)n6)c5)n4)c3c2O)n1.CNc1ccc(S(=O)(=O)O)c2cc(S(=O)(=O)O)c(N=Nc3ccc(C)cc3)c(O)c12. The summed E-state index contributed by atoms with van der Waals surface area (Å²) in [6.07, 6.45) is 0.549. The molecule has 7 aromatic carbocycles. The number of nitrogens with one attached hydrogen (secondary N) is 3. The Morgan fingerprint density at radius 2 is 1.23 bits per heavy atom. The highest BCUT2D eigenvalue weighted by molar-refractivity contribution is 7.86. The van der Waals surface area contributed by atoms with Gasteiger partial charge in [0.05, 0.1) is 38.6 Å². The Morgan fingerprint density at radius 3 is 1.87 bits per heavy atom. The average molecular weight is 1350 g/mol. The van der Waals surface area contributed by atoms with Gasteiger partial charge in [0, 0.05) is 42.7 Å². The molecule has 0 aliphatic rings. The van der Waals surface area contributed by atoms with Gasteiger partial charge in [0.2, 0.25) is 28.4 Å². The van der Waals surface area contributed by atoms with E-state index in [-0.39, 0.29) is 90.1 Å². The predicted octanol–water partition coefficient (Wildman–Crippen LogP) is 11.4. The van der Waals surface area contributed by atoms with Crippen LogP contribution in [0.2, 0.25) is 10.6 Å². The van der Waals surface area contributed by atoms with Gasteiger partial charge in [0.1, 0.15) is 31.9 Å². The highest BCUT2D eigenvalue weighted by Gasteiger charge is 2.28. The molecular weight excluding hydrogens is 1300 g/mol. The molecule has 466 valence electrons. The summed E-state index contributed by atoms with van der Waals surface area (Å²) >= 11 is 12.3. The van der Waals surface area contributed by atoms with Crippen LogP contribution < -0.4 is 20.9 Å². The molecule has 0 saturated carbocycles. The smallest absolute Gasteiger partial charge is 0.296 e. The molecule has 0 unspecified atom stereocenters. The second kappa shape index (κ2) is 25.5. The largest absolute Gasteiger partial charge is 0.505 e. The van der Waals surface area contributed by atoms with Crippen molar-refractivity contribution in [2.75, 3.05) is 34.9 Å². The average Bonchev–Trinajstić information content (AvgIpc) is 0.849. The molecule has 3 aromatic heterocycles. The van der Waals surface area contributed by atoms with Gasteiger partial charge in [-0.15, -0.1) is 15.3 Å². The van der Waals surface area contributed by atoms with E-state index in [0.717, 1.165) is 35.9 Å². The van der Waals surface area contributed by atoms with E-state index < -0.39 is 77.2 Å². The third-order valence-electron chi connectivity index (χ3n) is 12.8. The first kappa shape index (κ1) is 64.9. The van der Waals surface area contributed by atoms with Crippen molar-refractivity contribution in [3.63, 3.8) is 0 Å². The van der Waals surface area contributed by atoms with E-state index in [4.69, 9.17) is 27.7 Å². The lowest BCUT2D eigenvalue weighted by molar-refractivity contribution is 0.423. The molecular formula is C53H46Cl2N16O15S4. The van der Waals surface area contributed by atoms with Crippen molar-refractivity contribution in [1.29, 1.82) is 0 Å². The zero-order chi connectivity index (χ0) is 65.4. The van der Waals surface area contributed by atoms with E-state index in [9.17, 15) is 62.1 Å². The number of phenols is 2. The van der Waals surface area contributed by atoms with E-state index in [1.165, 1.54) is 43.3 Å². The number of anilines is 7. The third kappa shape index (κ3) is 14.4. The van der Waals surface area contributed by atoms with Crippen molar-refractivity contribution in [2.24, 2.45) is 20.5 Å². The van der Waals surface area contributed by atoms with Crippen LogP contribution in [0.3, 0.4) is 0 Å². The number of aryl methyl sites for hydroxylation is 4. The fourth-order valence-corrected chi connectivity index (χ4v) is 11.6. The zero-order valence-corrected chi connectivity index (χ0v) is 51.9. The number of hydrogen-bond acceptors (Lipinski definition) is 27. The lowest BCUT2D eigenvalue weighted by atomic mass is 10.0. The monoisotopic (exact) mass is 1340 g/mol. The maximum absolute atomic E-state index is 12.4. The third-order valence-corrected chi connectivity index (χ3v) is 16.7. The van der Waals surface area contributed by atoms with Crippen LogP contribution in [0.15, 0.2) is 148 Å². The molecule has 9 N–H and O–H groups in total. The molecule has 90 heavy (non-hydrogen) atoms. The molecule has 0 radical (unpaired) electrons. The fraction of sp³-hybridized carbons (Fsp3) is 0.132. The van der Waals surface area contributed by atoms with E-state index in [1.54, 1.807) is 62.4 Å². The number of phenolic OH excluding ortho intramolecular Hbond substituents is 2. The molecule has 0 bridgehead atoms. The first-order valence-electron chi connectivity index (χ1n) is 25.6. The van der Waals surface area contributed by atoms with E-state index in [1.807, 2.05) is 13.8 Å². The topological polar surface area (TPSA) is 463 Å². The predicted molar refractivity (Wildman–Crippen MR) is 329 cm³/mol. The van der Waals surface area contributed by atoms with Crippen molar-refractivity contribution in [3.8, 4) is 23.0 Å². The van der Waals surface area contributed by atoms with E-state index in [0.29, 0.717) is 34.7 Å². The molecule has 0 saturated heterocycles. The summed E-state index contributed by atoms with van der Waals surface area (Å²) in [5, 5.41) is 50.5. The van der Waals surface area contributed by atoms with Crippen LogP contribution in [0.5, 0.6) is 11.5 Å². The zero-order valence-electron chi connectivity index (χ0n) is 47.1. The van der Waals surface area contributed by atoms with Gasteiger partial charge in [0.15, 0.2) is 17.3 Å². The molecule has 31 nitrogen and oxygen atoms in total. The summed E-state index contributed by atoms with van der Waals surface area (Å²) in [5.74, 6) is -0.709. The lowest BCUT2D eigenvalue weighted by Crippen LogP contribution is -2.18. The van der Waals surface area contributed by atoms with E-state index in [2.05, 4.69) is 76.5 Å². The van der Waals surface area contributed by atoms with Crippen molar-refractivity contribution in [3.05, 3.63) is 136 Å². The van der Waals surface area contributed by atoms with Gasteiger partial charge in [-0.05, 0) is 134 Å². The Labute approximate surface area is 520 Å². The van der Waals surface area contributed by atoms with Gasteiger partial charge >= 0.3 is 0 Å². The number of rotatable bonds is 17. The molecule has 10 aromatic rings. The molecule has 0 aliphatic heterocycles. The number of benzene rings is 7. The van der Waals surface area contributed by atoms with Crippen LogP contribution in [-0.2, 0) is 46.9 Å². The van der Waals surface area contributed by atoms with Crippen LogP contribution in [0, 0.1) is 20.8 Å². The summed E-state index contributed by atoms with van der Waals surface area (Å²) in [7, 11) is -16.4. The normalized spacial score (nSPS) is 12.2. The van der Waals surface area contributed by atoms with Gasteiger partial charge in [0.25, 0.3) is 46.4 Å². The van der Waals surface area contributed by atoms with Gasteiger partial charge < -0.3 is 35.6 Å². The van der Waals surface area contributed by atoms with Gasteiger partial charge in [-0.1, -0.05) is 41.9 Å². The highest BCUT2D eigenvalue weighted by Crippen LogP contribution is 2.47. The number of aromatic hydroxyl groups is 2. The number of fused-ring (bicyclic) bond motifs is 2. The summed E-state index contributed by atoms with van der Waals surface area (Å²) in [4.78, 5) is 27.7. The lowest BCUT2D eigenvalue weighted by Gasteiger charge is -2.21. The second-order valence-electron chi connectivity index (χ2n) is 19.0. The summed E-state index contributed by atoms with van der Waals surface area (Å²) < 4.78 is 141. The second-order valence-corrected chi connectivity index (χ2v) is 25.3. The van der Waals surface area contributed by atoms with Crippen molar-refractivity contribution >= 4 is 149 Å². The van der Waals surface area contributed by atoms with Gasteiger partial charge in [-0.2, -0.15) is 68.7 Å². The Kier molecular flexibility index (Phi) is 18.4. The minimum atomic E-state index is -4.95. The van der Waals surface area contributed by atoms with Gasteiger partial charge in [-0.3, -0.25) is 18.2 Å². The molecule has 0 spiro atoms. The molecule has 0 fully saturated rings. The first-order valence-corrected chi connectivity index (χ1v) is 32.1. The Morgan fingerprint density at radius 1 is 0.600 bits per heavy atom. The maximum atomic E-state index is 12.4. The molecule has 10 rings (SSSR count). The van der Waals surface area contributed by atoms with Crippen LogP contribution >= 0.6 is 23.2 Å². The molecule has 3 heterocycles. The number of halogens is 2. The number of hydrogen-bond donors (Lipinski definition) is 9. The summed E-state index contributed by atoms with van der Waals surface area (Å²) in [6.45, 7) is 6.91. The van der Waals surface area contributed by atoms with E-state index >= 15 is 0 Å². The Balaban J connectivity index is 0.000000268. The van der Waals surface area contributed by atoms with Crippen LogP contribution in [0.25, 0.3) is 33.0 Å². The van der Waals surface area contributed by atoms with Gasteiger partial charge in [-0.25, -0.2) is 4.98 Å². The first-order chi connectivity index (χ1) is 42.3. The summed E-state index contributed by atoms with van der Waals surface area (Å²) in [5.41, 5.74) is 2.17. The number of nitrogens with zero attached hydrogens (tertiary/aromatic N) is 13. The van der Waals surface area contributed by atoms with Crippen molar-refractivity contribution in [1.82, 2.24) is 40.0 Å². The molecule has 0 aliphatic carbocycles. The minimum absolute atomic E-state index is 0.0134. The standard InChI is InChI=1S/C35H29Cl2N13O8S2.C18H17N3O7S2/c1-5-26-42-30(58-49-26)21-8-6-7-9-22(21)47-48-28-16(2)12-18-13-20(59(52,53)54)15-23(27(18)29(28)51)41-34-44-32(37)43-33(46-34)40-19-10-11-25(60(55,56)57)24(14-19)50(4)35-39-17(3)38-31(36)45-35;1-10-3-5-11(6-4-10)20-21-17-15(30(26,27)28)9-12-14(29(23,24)25)8-7-13(19-2)16(12)18(17)22/h6-15,51H,5H2,1-4H3,(H,52,53,54)(H,55,56,57)(H2,40,41,43,44,46);3-9,19,22H,1-2H3,(H,23,24,25)(H,26,27,28). The Bertz CT molecular complexity index is 5050. The van der Waals surface area contributed by atoms with Crippen LogP contribution in [0.1, 0.15) is 29.7 Å². The number of aromatic nitrogens is 8. The maximum Gasteiger partial charge on any atom is 0.296 e. The quantitative estimate of drug-likeness (QED) is 0.0302. The van der Waals surface area contributed by atoms with Crippen LogP contribution in [-0.4, -0.2) is 116 Å². The van der Waals surface area contributed by atoms with Crippen LogP contribution in [0.4, 0.5) is 63.3 Å². The molecule has 37 heteroatoms. The van der Waals surface area contributed by atoms with Crippen molar-refractivity contribution < 1.29 is 66.6 Å². The Hall–Kier alpha value is -9.56. The molecule has 0 atom stereocenters. The fourth-order valence-electron chi connectivity index (χ4n) is 8.71. The molecule has 0 amide bonds. The van der Waals surface area contributed by atoms with Crippen molar-refractivity contribution in [2.45, 2.75) is 53.7 Å². The number of azo groups is 2. The summed E-state index contributed by atoms with van der Waals surface area (Å²) in [6, 6.07) is 24.2. The minimum Gasteiger partial charge on any atom is -0.505 e.